The zero-order valence-electron chi connectivity index (χ0n) is 11.7. The normalized spacial score (nSPS) is 25.2. The third-order valence-corrected chi connectivity index (χ3v) is 4.28. The molecule has 0 radical (unpaired) electrons. The van der Waals surface area contributed by atoms with E-state index in [4.69, 9.17) is 0 Å². The molecule has 3 heteroatoms. The molecule has 3 unspecified atom stereocenters. The van der Waals surface area contributed by atoms with Gasteiger partial charge in [-0.1, -0.05) is 38.0 Å². The smallest absolute Gasteiger partial charge is 0.120 e. The van der Waals surface area contributed by atoms with Gasteiger partial charge in [0, 0.05) is 24.3 Å². The van der Waals surface area contributed by atoms with Gasteiger partial charge >= 0.3 is 0 Å². The van der Waals surface area contributed by atoms with Gasteiger partial charge < -0.3 is 15.5 Å². The van der Waals surface area contributed by atoms with E-state index in [1.54, 1.807) is 6.07 Å². The third-order valence-electron chi connectivity index (χ3n) is 4.28. The summed E-state index contributed by atoms with van der Waals surface area (Å²) < 4.78 is 0. The highest BCUT2D eigenvalue weighted by molar-refractivity contribution is 5.34. The van der Waals surface area contributed by atoms with Gasteiger partial charge in [0.25, 0.3) is 0 Å². The molecule has 1 aliphatic rings. The highest BCUT2D eigenvalue weighted by atomic mass is 16.3. The molecule has 0 bridgehead atoms. The number of rotatable bonds is 5. The molecule has 3 nitrogen and oxygen atoms in total. The lowest BCUT2D eigenvalue weighted by Gasteiger charge is -2.34. The van der Waals surface area contributed by atoms with E-state index >= 15 is 0 Å². The Morgan fingerprint density at radius 2 is 2.00 bits per heavy atom. The van der Waals surface area contributed by atoms with Crippen molar-refractivity contribution < 1.29 is 10.2 Å². The molecule has 106 valence electrons. The molecule has 1 aromatic carbocycles. The fraction of sp³-hybridized carbons (Fsp3) is 0.625. The van der Waals surface area contributed by atoms with Crippen molar-refractivity contribution in [1.82, 2.24) is 5.32 Å². The van der Waals surface area contributed by atoms with E-state index < -0.39 is 0 Å². The zero-order chi connectivity index (χ0) is 13.7. The van der Waals surface area contributed by atoms with Gasteiger partial charge in [-0.2, -0.15) is 0 Å². The number of benzene rings is 1. The third kappa shape index (κ3) is 3.48. The monoisotopic (exact) mass is 263 g/mol. The van der Waals surface area contributed by atoms with Crippen molar-refractivity contribution in [2.45, 2.75) is 51.1 Å². The first-order valence-electron chi connectivity index (χ1n) is 7.41. The largest absolute Gasteiger partial charge is 0.508 e. The van der Waals surface area contributed by atoms with Crippen LogP contribution in [0.5, 0.6) is 5.75 Å². The van der Waals surface area contributed by atoms with Gasteiger partial charge in [-0.25, -0.2) is 0 Å². The van der Waals surface area contributed by atoms with Crippen LogP contribution in [0.15, 0.2) is 24.3 Å². The minimum atomic E-state index is 0.165. The average Bonchev–Trinajstić information content (AvgIpc) is 2.46. The van der Waals surface area contributed by atoms with E-state index in [0.29, 0.717) is 17.7 Å². The summed E-state index contributed by atoms with van der Waals surface area (Å²) in [5.74, 6) is 0.715. The fourth-order valence-electron chi connectivity index (χ4n) is 3.11. The molecule has 2 rings (SSSR count). The second kappa shape index (κ2) is 6.92. The Hall–Kier alpha value is -1.06. The SMILES string of the molecule is CCC(NC1CCCCC1CO)c1ccccc1O. The number of aliphatic hydroxyl groups excluding tert-OH is 1. The molecule has 1 fully saturated rings. The highest BCUT2D eigenvalue weighted by Gasteiger charge is 2.27. The minimum Gasteiger partial charge on any atom is -0.508 e. The van der Waals surface area contributed by atoms with Crippen LogP contribution in [0.4, 0.5) is 0 Å². The molecule has 1 aliphatic carbocycles. The number of hydrogen-bond acceptors (Lipinski definition) is 3. The van der Waals surface area contributed by atoms with Gasteiger partial charge in [0.05, 0.1) is 0 Å². The highest BCUT2D eigenvalue weighted by Crippen LogP contribution is 2.30. The summed E-state index contributed by atoms with van der Waals surface area (Å²) in [6.45, 7) is 2.38. The van der Waals surface area contributed by atoms with Crippen LogP contribution in [0.25, 0.3) is 0 Å². The lowest BCUT2D eigenvalue weighted by molar-refractivity contribution is 0.145. The minimum absolute atomic E-state index is 0.165. The van der Waals surface area contributed by atoms with Crippen LogP contribution in [-0.4, -0.2) is 22.9 Å². The van der Waals surface area contributed by atoms with Crippen molar-refractivity contribution in [1.29, 1.82) is 0 Å². The summed E-state index contributed by atoms with van der Waals surface area (Å²) in [4.78, 5) is 0. The lowest BCUT2D eigenvalue weighted by Crippen LogP contribution is -2.42. The maximum atomic E-state index is 9.98. The van der Waals surface area contributed by atoms with E-state index in [2.05, 4.69) is 12.2 Å². The Kier molecular flexibility index (Phi) is 5.23. The van der Waals surface area contributed by atoms with Gasteiger partial charge in [0.2, 0.25) is 0 Å². The van der Waals surface area contributed by atoms with Crippen molar-refractivity contribution in [3.63, 3.8) is 0 Å². The van der Waals surface area contributed by atoms with Crippen LogP contribution in [0.3, 0.4) is 0 Å². The molecule has 3 atom stereocenters. The van der Waals surface area contributed by atoms with E-state index in [-0.39, 0.29) is 12.6 Å². The summed E-state index contributed by atoms with van der Waals surface area (Å²) in [5, 5.41) is 23.1. The van der Waals surface area contributed by atoms with Gasteiger partial charge in [0.15, 0.2) is 0 Å². The summed E-state index contributed by atoms with van der Waals surface area (Å²) in [6, 6.07) is 8.06. The predicted octanol–water partition coefficient (Wildman–Crippen LogP) is 2.98. The van der Waals surface area contributed by atoms with Gasteiger partial charge in [-0.3, -0.25) is 0 Å². The van der Waals surface area contributed by atoms with E-state index in [9.17, 15) is 10.2 Å². The van der Waals surface area contributed by atoms with Gasteiger partial charge in [0.1, 0.15) is 5.75 Å². The average molecular weight is 263 g/mol. The Morgan fingerprint density at radius 1 is 1.26 bits per heavy atom. The van der Waals surface area contributed by atoms with Crippen LogP contribution in [-0.2, 0) is 0 Å². The molecule has 0 saturated heterocycles. The Morgan fingerprint density at radius 3 is 2.68 bits per heavy atom. The summed E-state index contributed by atoms with van der Waals surface area (Å²) >= 11 is 0. The van der Waals surface area contributed by atoms with Crippen LogP contribution in [0.2, 0.25) is 0 Å². The zero-order valence-corrected chi connectivity index (χ0v) is 11.7. The first kappa shape index (κ1) is 14.4. The summed E-state index contributed by atoms with van der Waals surface area (Å²) in [7, 11) is 0. The maximum Gasteiger partial charge on any atom is 0.120 e. The number of hydrogen-bond donors (Lipinski definition) is 3. The van der Waals surface area contributed by atoms with Crippen LogP contribution >= 0.6 is 0 Å². The first-order chi connectivity index (χ1) is 9.26. The van der Waals surface area contributed by atoms with Crippen LogP contribution in [0, 0.1) is 5.92 Å². The quantitative estimate of drug-likeness (QED) is 0.765. The number of phenols is 1. The maximum absolute atomic E-state index is 9.98. The van der Waals surface area contributed by atoms with Crippen molar-refractivity contribution in [2.75, 3.05) is 6.61 Å². The fourth-order valence-corrected chi connectivity index (χ4v) is 3.11. The number of aliphatic hydroxyl groups is 1. The molecule has 1 aromatic rings. The molecule has 0 aromatic heterocycles. The van der Waals surface area contributed by atoms with Gasteiger partial charge in [-0.05, 0) is 31.2 Å². The molecule has 0 aliphatic heterocycles. The summed E-state index contributed by atoms with van der Waals surface area (Å²) in [5.41, 5.74) is 0.965. The molecule has 0 spiro atoms. The van der Waals surface area contributed by atoms with E-state index in [0.717, 1.165) is 24.8 Å². The van der Waals surface area contributed by atoms with E-state index in [1.165, 1.54) is 12.8 Å². The Bertz CT molecular complexity index is 394. The molecular formula is C16H25NO2. The van der Waals surface area contributed by atoms with Gasteiger partial charge in [-0.15, -0.1) is 0 Å². The van der Waals surface area contributed by atoms with E-state index in [1.807, 2.05) is 18.2 Å². The number of phenolic OH excluding ortho intramolecular Hbond substituents is 1. The Labute approximate surface area is 115 Å². The Balaban J connectivity index is 2.08. The predicted molar refractivity (Wildman–Crippen MR) is 77.1 cm³/mol. The molecule has 0 amide bonds. The number of nitrogens with one attached hydrogen (secondary N) is 1. The lowest BCUT2D eigenvalue weighted by atomic mass is 9.84. The second-order valence-electron chi connectivity index (χ2n) is 5.52. The molecule has 19 heavy (non-hydrogen) atoms. The van der Waals surface area contributed by atoms with Crippen molar-refractivity contribution in [3.8, 4) is 5.75 Å². The summed E-state index contributed by atoms with van der Waals surface area (Å²) in [6.07, 6.45) is 5.61. The molecule has 3 N–H and O–H groups in total. The molecular weight excluding hydrogens is 238 g/mol. The molecule has 0 heterocycles. The van der Waals surface area contributed by atoms with Crippen molar-refractivity contribution >= 4 is 0 Å². The van der Waals surface area contributed by atoms with Crippen molar-refractivity contribution in [3.05, 3.63) is 29.8 Å². The second-order valence-corrected chi connectivity index (χ2v) is 5.52. The van der Waals surface area contributed by atoms with Crippen LogP contribution < -0.4 is 5.32 Å². The van der Waals surface area contributed by atoms with Crippen molar-refractivity contribution in [2.24, 2.45) is 5.92 Å². The number of para-hydroxylation sites is 1. The topological polar surface area (TPSA) is 52.5 Å². The molecule has 1 saturated carbocycles. The standard InChI is InChI=1S/C16H25NO2/c1-2-14(13-8-4-6-10-16(13)19)17-15-9-5-3-7-12(15)11-18/h4,6,8,10,12,14-15,17-19H,2-3,5,7,9,11H2,1H3. The number of aromatic hydroxyl groups is 1. The van der Waals surface area contributed by atoms with Crippen LogP contribution in [0.1, 0.15) is 50.6 Å². The first-order valence-corrected chi connectivity index (χ1v) is 7.41.